The normalized spacial score (nSPS) is 25.8. The van der Waals surface area contributed by atoms with Gasteiger partial charge in [-0.05, 0) is 56.2 Å². The molecule has 2 N–H and O–H groups in total. The largest absolute Gasteiger partial charge is 0.416 e. The summed E-state index contributed by atoms with van der Waals surface area (Å²) in [6, 6.07) is 4.06. The number of hydrogen-bond donors (Lipinski definition) is 1. The van der Waals surface area contributed by atoms with Crippen molar-refractivity contribution in [3.05, 3.63) is 30.1 Å². The Hall–Kier alpha value is -2.95. The first-order valence-electron chi connectivity index (χ1n) is 12.5. The Morgan fingerprint density at radius 3 is 2.47 bits per heavy atom. The van der Waals surface area contributed by atoms with E-state index in [1.165, 1.54) is 12.4 Å². The summed E-state index contributed by atoms with van der Waals surface area (Å²) in [6.07, 6.45) is 2.66. The number of anilines is 1. The van der Waals surface area contributed by atoms with Crippen LogP contribution in [0, 0.1) is 5.92 Å². The van der Waals surface area contributed by atoms with Gasteiger partial charge >= 0.3 is 6.18 Å². The molecular formula is C25H31F3N6O2. The van der Waals surface area contributed by atoms with Crippen LogP contribution in [0.15, 0.2) is 24.5 Å². The number of alkyl halides is 3. The predicted octanol–water partition coefficient (Wildman–Crippen LogP) is 2.80. The van der Waals surface area contributed by atoms with Crippen molar-refractivity contribution in [2.45, 2.75) is 62.8 Å². The average Bonchev–Trinajstić information content (AvgIpc) is 3.14. The average molecular weight is 505 g/mol. The number of fused-ring (bicyclic) bond motifs is 1. The van der Waals surface area contributed by atoms with E-state index in [9.17, 15) is 22.8 Å². The Morgan fingerprint density at radius 2 is 1.86 bits per heavy atom. The molecule has 3 aliphatic rings. The number of amides is 2. The molecule has 11 heteroatoms. The topological polar surface area (TPSA) is 95.7 Å². The van der Waals surface area contributed by atoms with Gasteiger partial charge in [0.25, 0.3) is 0 Å². The Balaban J connectivity index is 1.28. The monoisotopic (exact) mass is 504 g/mol. The molecule has 3 fully saturated rings. The van der Waals surface area contributed by atoms with E-state index >= 15 is 0 Å². The summed E-state index contributed by atoms with van der Waals surface area (Å²) in [5.41, 5.74) is 5.11. The van der Waals surface area contributed by atoms with Gasteiger partial charge in [0.05, 0.1) is 23.7 Å². The summed E-state index contributed by atoms with van der Waals surface area (Å²) in [5.74, 6) is 0.508. The van der Waals surface area contributed by atoms with Crippen molar-refractivity contribution in [2.24, 2.45) is 11.7 Å². The third kappa shape index (κ3) is 4.72. The molecule has 36 heavy (non-hydrogen) atoms. The molecule has 1 unspecified atom stereocenters. The minimum atomic E-state index is -4.50. The van der Waals surface area contributed by atoms with Crippen molar-refractivity contribution in [1.82, 2.24) is 19.8 Å². The second-order valence-electron chi connectivity index (χ2n) is 10.3. The molecule has 2 aromatic rings. The van der Waals surface area contributed by atoms with E-state index in [0.29, 0.717) is 48.8 Å². The van der Waals surface area contributed by atoms with E-state index in [1.807, 2.05) is 11.9 Å². The number of aromatic nitrogens is 2. The fourth-order valence-corrected chi connectivity index (χ4v) is 6.21. The van der Waals surface area contributed by atoms with Gasteiger partial charge in [-0.25, -0.2) is 9.97 Å². The number of carbonyl (C=O) groups is 2. The third-order valence-electron chi connectivity index (χ3n) is 8.22. The predicted molar refractivity (Wildman–Crippen MR) is 128 cm³/mol. The molecule has 5 rings (SSSR count). The summed E-state index contributed by atoms with van der Waals surface area (Å²) in [6.45, 7) is 1.25. The Kier molecular flexibility index (Phi) is 6.52. The van der Waals surface area contributed by atoms with Gasteiger partial charge in [0.1, 0.15) is 12.1 Å². The summed E-state index contributed by atoms with van der Waals surface area (Å²) in [5, 5.41) is 0.253. The first kappa shape index (κ1) is 24.7. The fraction of sp³-hybridized carbons (Fsp3) is 0.600. The molecule has 0 spiro atoms. The van der Waals surface area contributed by atoms with Crippen LogP contribution >= 0.6 is 0 Å². The molecule has 2 amide bonds. The van der Waals surface area contributed by atoms with E-state index in [2.05, 4.69) is 14.9 Å². The number of carbonyl (C=O) groups excluding carboxylic acids is 2. The van der Waals surface area contributed by atoms with Crippen molar-refractivity contribution in [1.29, 1.82) is 0 Å². The van der Waals surface area contributed by atoms with Crippen LogP contribution in [0.4, 0.5) is 19.0 Å². The van der Waals surface area contributed by atoms with Gasteiger partial charge in [-0.2, -0.15) is 13.2 Å². The van der Waals surface area contributed by atoms with Crippen molar-refractivity contribution < 1.29 is 22.8 Å². The molecule has 2 saturated heterocycles. The van der Waals surface area contributed by atoms with Crippen LogP contribution in [0.1, 0.15) is 44.1 Å². The summed E-state index contributed by atoms with van der Waals surface area (Å²) in [4.78, 5) is 38.2. The smallest absolute Gasteiger partial charge is 0.368 e. The molecule has 1 saturated carbocycles. The van der Waals surface area contributed by atoms with Gasteiger partial charge in [0.2, 0.25) is 11.8 Å². The quantitative estimate of drug-likeness (QED) is 0.650. The van der Waals surface area contributed by atoms with E-state index < -0.39 is 17.6 Å². The second-order valence-corrected chi connectivity index (χ2v) is 10.3. The number of nitrogens with zero attached hydrogens (tertiary/aromatic N) is 5. The van der Waals surface area contributed by atoms with Gasteiger partial charge in [0, 0.05) is 44.0 Å². The van der Waals surface area contributed by atoms with Crippen LogP contribution < -0.4 is 10.6 Å². The first-order chi connectivity index (χ1) is 17.1. The van der Waals surface area contributed by atoms with Crippen LogP contribution in [-0.4, -0.2) is 76.4 Å². The SMILES string of the molecule is CN1C(=O)CCC1C1CCC(N2CC(N(CC(N)=O)c3ncnc4ccc(C(F)(F)F)cc34)C2)CC1. The number of hydrogen-bond acceptors (Lipinski definition) is 6. The van der Waals surface area contributed by atoms with Crippen molar-refractivity contribution in [2.75, 3.05) is 31.6 Å². The van der Waals surface area contributed by atoms with Gasteiger partial charge in [-0.15, -0.1) is 0 Å². The molecule has 1 aromatic carbocycles. The van der Waals surface area contributed by atoms with Crippen LogP contribution in [0.3, 0.4) is 0 Å². The maximum atomic E-state index is 13.4. The lowest BCUT2D eigenvalue weighted by atomic mass is 9.79. The number of nitrogens with two attached hydrogens (primary N) is 1. The van der Waals surface area contributed by atoms with Crippen LogP contribution in [0.2, 0.25) is 0 Å². The molecule has 194 valence electrons. The van der Waals surface area contributed by atoms with Crippen molar-refractivity contribution in [3.8, 4) is 0 Å². The molecule has 1 aliphatic carbocycles. The molecule has 1 aromatic heterocycles. The van der Waals surface area contributed by atoms with E-state index in [0.717, 1.165) is 44.2 Å². The maximum absolute atomic E-state index is 13.4. The molecule has 1 atom stereocenters. The number of likely N-dealkylation sites (tertiary alicyclic amines) is 2. The minimum absolute atomic E-state index is 0.0820. The van der Waals surface area contributed by atoms with Crippen LogP contribution in [0.25, 0.3) is 10.9 Å². The Labute approximate surface area is 207 Å². The van der Waals surface area contributed by atoms with Gasteiger partial charge in [0.15, 0.2) is 0 Å². The van der Waals surface area contributed by atoms with E-state index in [1.54, 1.807) is 4.90 Å². The lowest BCUT2D eigenvalue weighted by Crippen LogP contribution is -2.64. The number of halogens is 3. The summed E-state index contributed by atoms with van der Waals surface area (Å²) < 4.78 is 40.1. The molecule has 8 nitrogen and oxygen atoms in total. The summed E-state index contributed by atoms with van der Waals surface area (Å²) >= 11 is 0. The highest BCUT2D eigenvalue weighted by molar-refractivity contribution is 5.92. The second kappa shape index (κ2) is 9.49. The Bertz CT molecular complexity index is 1140. The fourth-order valence-electron chi connectivity index (χ4n) is 6.21. The molecule has 3 heterocycles. The van der Waals surface area contributed by atoms with Crippen molar-refractivity contribution in [3.63, 3.8) is 0 Å². The van der Waals surface area contributed by atoms with Gasteiger partial charge in [-0.1, -0.05) is 0 Å². The molecule has 2 aliphatic heterocycles. The molecule has 0 bridgehead atoms. The minimum Gasteiger partial charge on any atom is -0.368 e. The third-order valence-corrected chi connectivity index (χ3v) is 8.22. The van der Waals surface area contributed by atoms with Gasteiger partial charge in [-0.3, -0.25) is 14.5 Å². The number of benzene rings is 1. The zero-order chi connectivity index (χ0) is 25.6. The van der Waals surface area contributed by atoms with Crippen LogP contribution in [0.5, 0.6) is 0 Å². The van der Waals surface area contributed by atoms with E-state index in [4.69, 9.17) is 5.73 Å². The summed E-state index contributed by atoms with van der Waals surface area (Å²) in [7, 11) is 1.91. The van der Waals surface area contributed by atoms with Gasteiger partial charge < -0.3 is 15.5 Å². The zero-order valence-electron chi connectivity index (χ0n) is 20.2. The highest BCUT2D eigenvalue weighted by atomic mass is 19.4. The van der Waals surface area contributed by atoms with E-state index in [-0.39, 0.29) is 23.9 Å². The number of primary amides is 1. The first-order valence-corrected chi connectivity index (χ1v) is 12.5. The standard InChI is InChI=1S/C25H31F3N6O2/c1-32-21(8-9-23(32)36)15-2-5-17(6-3-15)33-11-18(12-33)34(13-22(29)35)24-19-10-16(25(26,27)28)4-7-20(19)30-14-31-24/h4,7,10,14-15,17-18,21H,2-3,5-6,8-9,11-13H2,1H3,(H2,29,35). The number of rotatable bonds is 6. The molecular weight excluding hydrogens is 473 g/mol. The highest BCUT2D eigenvalue weighted by Crippen LogP contribution is 2.38. The van der Waals surface area contributed by atoms with Crippen LogP contribution in [-0.2, 0) is 15.8 Å². The molecule has 0 radical (unpaired) electrons. The zero-order valence-corrected chi connectivity index (χ0v) is 20.2. The van der Waals surface area contributed by atoms with Crippen molar-refractivity contribution >= 4 is 28.5 Å². The lowest BCUT2D eigenvalue weighted by molar-refractivity contribution is -0.137. The highest BCUT2D eigenvalue weighted by Gasteiger charge is 2.41. The Morgan fingerprint density at radius 1 is 1.14 bits per heavy atom. The maximum Gasteiger partial charge on any atom is 0.416 e. The lowest BCUT2D eigenvalue weighted by Gasteiger charge is -2.51.